The number of sulfonamides is 1. The van der Waals surface area contributed by atoms with Gasteiger partial charge in [0, 0.05) is 22.6 Å². The monoisotopic (exact) mass is 572 g/mol. The Kier molecular flexibility index (Phi) is 8.98. The molecule has 0 spiro atoms. The van der Waals surface area contributed by atoms with Crippen molar-refractivity contribution < 1.29 is 17.9 Å². The van der Waals surface area contributed by atoms with Crippen LogP contribution in [0.1, 0.15) is 40.6 Å². The summed E-state index contributed by atoms with van der Waals surface area (Å²) < 4.78 is 36.4. The molecule has 0 saturated carbocycles. The van der Waals surface area contributed by atoms with Crippen molar-refractivity contribution in [2.75, 3.05) is 17.5 Å². The minimum atomic E-state index is -4.09. The number of hydrogen-bond acceptors (Lipinski definition) is 5. The van der Waals surface area contributed by atoms with Crippen molar-refractivity contribution in [3.63, 3.8) is 0 Å². The number of nitrogens with zero attached hydrogens (tertiary/aromatic N) is 3. The predicted molar refractivity (Wildman–Crippen MR) is 164 cm³/mol. The second kappa shape index (κ2) is 12.4. The van der Waals surface area contributed by atoms with Gasteiger partial charge in [-0.2, -0.15) is 5.10 Å². The van der Waals surface area contributed by atoms with Gasteiger partial charge in [-0.15, -0.1) is 0 Å². The van der Waals surface area contributed by atoms with E-state index in [9.17, 15) is 13.2 Å². The average molecular weight is 573 g/mol. The first-order valence-corrected chi connectivity index (χ1v) is 14.9. The number of carbonyl (C=O) groups is 1. The van der Waals surface area contributed by atoms with E-state index in [0.717, 1.165) is 32.5 Å². The standard InChI is InChI=1S/C32H36N4O4S/c1-7-40-31-11-9-8-10-30(31)35(41(38,39)29-14-12-22(2)13-15-29)21-32(37)34-33-20-27-19-25(5)36(26(27)6)28-17-23(3)16-24(4)18-28/h8-20H,7,21H2,1-6H3,(H,34,37)/b33-20+. The van der Waals surface area contributed by atoms with E-state index in [1.165, 1.54) is 23.3 Å². The van der Waals surface area contributed by atoms with Crippen LogP contribution < -0.4 is 14.5 Å². The molecule has 1 N–H and O–H groups in total. The Hall–Kier alpha value is -4.37. The number of aryl methyl sites for hydroxylation is 4. The Balaban J connectivity index is 1.60. The number of amides is 1. The summed E-state index contributed by atoms with van der Waals surface area (Å²) in [4.78, 5) is 13.2. The lowest BCUT2D eigenvalue weighted by molar-refractivity contribution is -0.119. The molecule has 0 fully saturated rings. The summed E-state index contributed by atoms with van der Waals surface area (Å²) in [6.07, 6.45) is 1.58. The molecular weight excluding hydrogens is 536 g/mol. The van der Waals surface area contributed by atoms with Gasteiger partial charge in [0.2, 0.25) is 0 Å². The van der Waals surface area contributed by atoms with E-state index in [0.29, 0.717) is 12.4 Å². The van der Waals surface area contributed by atoms with Crippen LogP contribution in [0.25, 0.3) is 5.69 Å². The molecule has 0 aliphatic carbocycles. The largest absolute Gasteiger partial charge is 0.492 e. The Morgan fingerprint density at radius 3 is 2.24 bits per heavy atom. The van der Waals surface area contributed by atoms with Gasteiger partial charge in [0.25, 0.3) is 15.9 Å². The van der Waals surface area contributed by atoms with E-state index < -0.39 is 22.5 Å². The SMILES string of the molecule is CCOc1ccccc1N(CC(=O)N/N=C/c1cc(C)n(-c2cc(C)cc(C)c2)c1C)S(=O)(=O)c1ccc(C)cc1. The van der Waals surface area contributed by atoms with E-state index in [1.54, 1.807) is 42.6 Å². The lowest BCUT2D eigenvalue weighted by Crippen LogP contribution is -2.39. The van der Waals surface area contributed by atoms with Crippen molar-refractivity contribution in [3.8, 4) is 11.4 Å². The molecule has 8 nitrogen and oxygen atoms in total. The molecule has 41 heavy (non-hydrogen) atoms. The van der Waals surface area contributed by atoms with Crippen LogP contribution in [0.15, 0.2) is 82.8 Å². The number of rotatable bonds is 10. The molecule has 214 valence electrons. The highest BCUT2D eigenvalue weighted by atomic mass is 32.2. The molecule has 1 heterocycles. The van der Waals surface area contributed by atoms with Crippen LogP contribution in [0, 0.1) is 34.6 Å². The summed E-state index contributed by atoms with van der Waals surface area (Å²) in [7, 11) is -4.09. The first-order chi connectivity index (χ1) is 19.5. The molecule has 9 heteroatoms. The highest BCUT2D eigenvalue weighted by molar-refractivity contribution is 7.92. The number of hydrazone groups is 1. The lowest BCUT2D eigenvalue weighted by Gasteiger charge is -2.25. The summed E-state index contributed by atoms with van der Waals surface area (Å²) in [6, 6.07) is 21.6. The van der Waals surface area contributed by atoms with Crippen LogP contribution in [0.5, 0.6) is 5.75 Å². The van der Waals surface area contributed by atoms with E-state index >= 15 is 0 Å². The maximum Gasteiger partial charge on any atom is 0.264 e. The Morgan fingerprint density at radius 2 is 1.59 bits per heavy atom. The number of carbonyl (C=O) groups excluding carboxylic acids is 1. The molecule has 0 bridgehead atoms. The van der Waals surface area contributed by atoms with Gasteiger partial charge in [0.05, 0.1) is 23.4 Å². The van der Waals surface area contributed by atoms with Gasteiger partial charge in [0.1, 0.15) is 12.3 Å². The summed E-state index contributed by atoms with van der Waals surface area (Å²) in [6.45, 7) is 11.7. The van der Waals surface area contributed by atoms with Crippen molar-refractivity contribution in [3.05, 3.63) is 106 Å². The van der Waals surface area contributed by atoms with Crippen molar-refractivity contribution >= 4 is 27.8 Å². The number of anilines is 1. The quantitative estimate of drug-likeness (QED) is 0.193. The Labute approximate surface area is 242 Å². The molecule has 0 radical (unpaired) electrons. The fourth-order valence-corrected chi connectivity index (χ4v) is 6.24. The minimum absolute atomic E-state index is 0.0736. The molecule has 0 unspecified atom stereocenters. The Bertz CT molecular complexity index is 1670. The van der Waals surface area contributed by atoms with Crippen molar-refractivity contribution in [2.24, 2.45) is 5.10 Å². The Morgan fingerprint density at radius 1 is 0.927 bits per heavy atom. The van der Waals surface area contributed by atoms with Gasteiger partial charge in [-0.25, -0.2) is 13.8 Å². The molecular formula is C32H36N4O4S. The van der Waals surface area contributed by atoms with Gasteiger partial charge in [-0.3, -0.25) is 9.10 Å². The van der Waals surface area contributed by atoms with Gasteiger partial charge in [0.15, 0.2) is 0 Å². The number of ether oxygens (including phenoxy) is 1. The van der Waals surface area contributed by atoms with Crippen LogP contribution in [0.4, 0.5) is 5.69 Å². The van der Waals surface area contributed by atoms with Crippen LogP contribution in [0.3, 0.4) is 0 Å². The van der Waals surface area contributed by atoms with Crippen LogP contribution >= 0.6 is 0 Å². The first-order valence-electron chi connectivity index (χ1n) is 13.4. The van der Waals surface area contributed by atoms with E-state index in [-0.39, 0.29) is 10.6 Å². The average Bonchev–Trinajstić information content (AvgIpc) is 3.20. The van der Waals surface area contributed by atoms with E-state index in [2.05, 4.69) is 47.1 Å². The summed E-state index contributed by atoms with van der Waals surface area (Å²) in [5, 5.41) is 4.17. The molecule has 4 rings (SSSR count). The fourth-order valence-electron chi connectivity index (χ4n) is 4.81. The highest BCUT2D eigenvalue weighted by Crippen LogP contribution is 2.32. The molecule has 1 amide bonds. The fraction of sp³-hybridized carbons (Fsp3) is 0.250. The first kappa shape index (κ1) is 29.6. The normalized spacial score (nSPS) is 11.6. The second-order valence-electron chi connectivity index (χ2n) is 10.0. The third-order valence-corrected chi connectivity index (χ3v) is 8.43. The van der Waals surface area contributed by atoms with Crippen molar-refractivity contribution in [1.82, 2.24) is 9.99 Å². The summed E-state index contributed by atoms with van der Waals surface area (Å²) in [5.74, 6) is -0.229. The second-order valence-corrected chi connectivity index (χ2v) is 11.9. The molecule has 0 aliphatic rings. The number of benzene rings is 3. The molecule has 1 aromatic heterocycles. The maximum atomic E-state index is 13.7. The smallest absolute Gasteiger partial charge is 0.264 e. The summed E-state index contributed by atoms with van der Waals surface area (Å²) >= 11 is 0. The van der Waals surface area contributed by atoms with Crippen LogP contribution in [0.2, 0.25) is 0 Å². The maximum absolute atomic E-state index is 13.7. The van der Waals surface area contributed by atoms with Crippen molar-refractivity contribution in [1.29, 1.82) is 0 Å². The zero-order valence-electron chi connectivity index (χ0n) is 24.3. The molecule has 4 aromatic rings. The number of para-hydroxylation sites is 2. The third-order valence-electron chi connectivity index (χ3n) is 6.66. The van der Waals surface area contributed by atoms with E-state index in [4.69, 9.17) is 4.74 Å². The number of aromatic nitrogens is 1. The minimum Gasteiger partial charge on any atom is -0.492 e. The topological polar surface area (TPSA) is 93.0 Å². The molecule has 0 saturated heterocycles. The van der Waals surface area contributed by atoms with Gasteiger partial charge >= 0.3 is 0 Å². The number of hydrogen-bond donors (Lipinski definition) is 1. The van der Waals surface area contributed by atoms with Crippen LogP contribution in [-0.2, 0) is 14.8 Å². The van der Waals surface area contributed by atoms with Crippen molar-refractivity contribution in [2.45, 2.75) is 46.4 Å². The molecule has 0 aliphatic heterocycles. The van der Waals surface area contributed by atoms with Gasteiger partial charge < -0.3 is 9.30 Å². The van der Waals surface area contributed by atoms with Gasteiger partial charge in [-0.1, -0.05) is 35.9 Å². The highest BCUT2D eigenvalue weighted by Gasteiger charge is 2.29. The molecule has 3 aromatic carbocycles. The molecule has 0 atom stereocenters. The third kappa shape index (κ3) is 6.69. The zero-order valence-corrected chi connectivity index (χ0v) is 25.1. The zero-order chi connectivity index (χ0) is 29.7. The summed E-state index contributed by atoms with van der Waals surface area (Å²) in [5.41, 5.74) is 9.95. The number of nitrogens with one attached hydrogen (secondary N) is 1. The van der Waals surface area contributed by atoms with E-state index in [1.807, 2.05) is 33.8 Å². The van der Waals surface area contributed by atoms with Gasteiger partial charge in [-0.05, 0) is 95.1 Å². The predicted octanol–water partition coefficient (Wildman–Crippen LogP) is 5.76. The lowest BCUT2D eigenvalue weighted by atomic mass is 10.1. The van der Waals surface area contributed by atoms with Crippen LogP contribution in [-0.4, -0.2) is 38.3 Å².